The Balaban J connectivity index is 1.73. The molecule has 1 fully saturated rings. The van der Waals surface area contributed by atoms with E-state index in [-0.39, 0.29) is 12.4 Å². The van der Waals surface area contributed by atoms with E-state index in [4.69, 9.17) is 4.74 Å². The minimum Gasteiger partial charge on any atom is -0.458 e. The lowest BCUT2D eigenvalue weighted by molar-refractivity contribution is -0.156. The van der Waals surface area contributed by atoms with E-state index in [9.17, 15) is 9.90 Å². The molecule has 0 spiro atoms. The molecule has 2 atom stereocenters. The van der Waals surface area contributed by atoms with E-state index in [1.807, 2.05) is 48.3 Å². The number of cyclic esters (lactones) is 1. The van der Waals surface area contributed by atoms with E-state index in [1.54, 1.807) is 0 Å². The highest BCUT2D eigenvalue weighted by Gasteiger charge is 2.25. The molecule has 1 aliphatic rings. The summed E-state index contributed by atoms with van der Waals surface area (Å²) in [5, 5.41) is 11.5. The Labute approximate surface area is 181 Å². The number of hydrogen-bond donors (Lipinski definition) is 1. The first-order valence-electron chi connectivity index (χ1n) is 10.2. The van der Waals surface area contributed by atoms with E-state index < -0.39 is 12.2 Å². The molecule has 0 aliphatic carbocycles. The van der Waals surface area contributed by atoms with Crippen LogP contribution in [0.5, 0.6) is 0 Å². The third kappa shape index (κ3) is 4.74. The molecular formula is C25H25NO3S. The fourth-order valence-corrected chi connectivity index (χ4v) is 4.55. The van der Waals surface area contributed by atoms with Gasteiger partial charge in [0.15, 0.2) is 0 Å². The highest BCUT2D eigenvalue weighted by Crippen LogP contribution is 2.34. The van der Waals surface area contributed by atoms with Gasteiger partial charge in [0, 0.05) is 33.7 Å². The van der Waals surface area contributed by atoms with Crippen LogP contribution in [0.15, 0.2) is 65.7 Å². The Morgan fingerprint density at radius 3 is 2.67 bits per heavy atom. The van der Waals surface area contributed by atoms with Crippen LogP contribution >= 0.6 is 11.8 Å². The zero-order valence-electron chi connectivity index (χ0n) is 17.1. The lowest BCUT2D eigenvalue weighted by Crippen LogP contribution is -2.31. The lowest BCUT2D eigenvalue weighted by atomic mass is 9.95. The quantitative estimate of drug-likeness (QED) is 0.438. The molecule has 154 valence electrons. The molecule has 0 amide bonds. The molecule has 0 radical (unpaired) electrons. The Kier molecular flexibility index (Phi) is 6.21. The summed E-state index contributed by atoms with van der Waals surface area (Å²) in [4.78, 5) is 17.5. The highest BCUT2D eigenvalue weighted by atomic mass is 32.2. The summed E-state index contributed by atoms with van der Waals surface area (Å²) in [6, 6.07) is 16.7. The van der Waals surface area contributed by atoms with Crippen LogP contribution in [0.3, 0.4) is 0 Å². The Bertz CT molecular complexity index is 1080. The number of thioether (sulfide) groups is 1. The maximum Gasteiger partial charge on any atom is 0.309 e. The number of esters is 1. The van der Waals surface area contributed by atoms with E-state index in [1.165, 1.54) is 4.90 Å². The van der Waals surface area contributed by atoms with Gasteiger partial charge in [-0.15, -0.1) is 11.8 Å². The van der Waals surface area contributed by atoms with Crippen LogP contribution in [0.1, 0.15) is 32.3 Å². The molecule has 1 aromatic heterocycles. The van der Waals surface area contributed by atoms with E-state index >= 15 is 0 Å². The zero-order chi connectivity index (χ0) is 21.1. The van der Waals surface area contributed by atoms with E-state index in [0.29, 0.717) is 11.7 Å². The van der Waals surface area contributed by atoms with Crippen molar-refractivity contribution in [2.75, 3.05) is 0 Å². The Morgan fingerprint density at radius 1 is 1.17 bits per heavy atom. The van der Waals surface area contributed by atoms with Gasteiger partial charge in [0.2, 0.25) is 0 Å². The molecule has 0 unspecified atom stereocenters. The van der Waals surface area contributed by atoms with Crippen molar-refractivity contribution >= 4 is 34.7 Å². The summed E-state index contributed by atoms with van der Waals surface area (Å²) in [5.41, 5.74) is 4.10. The number of aliphatic hydroxyl groups excluding tert-OH is 1. The summed E-state index contributed by atoms with van der Waals surface area (Å²) in [7, 11) is 0. The van der Waals surface area contributed by atoms with Gasteiger partial charge in [-0.3, -0.25) is 9.78 Å². The van der Waals surface area contributed by atoms with E-state index in [0.717, 1.165) is 27.6 Å². The zero-order valence-corrected chi connectivity index (χ0v) is 17.9. The maximum atomic E-state index is 11.6. The third-order valence-corrected chi connectivity index (χ3v) is 6.02. The van der Waals surface area contributed by atoms with Gasteiger partial charge in [0.05, 0.1) is 18.0 Å². The topological polar surface area (TPSA) is 59.4 Å². The van der Waals surface area contributed by atoms with Crippen molar-refractivity contribution in [2.45, 2.75) is 49.0 Å². The third-order valence-electron chi connectivity index (χ3n) is 5.00. The molecule has 1 aliphatic heterocycles. The summed E-state index contributed by atoms with van der Waals surface area (Å²) < 4.78 is 5.36. The predicted octanol–water partition coefficient (Wildman–Crippen LogP) is 5.48. The molecule has 4 rings (SSSR count). The van der Waals surface area contributed by atoms with Crippen molar-refractivity contribution < 1.29 is 14.6 Å². The van der Waals surface area contributed by atoms with Crippen LogP contribution in [0, 0.1) is 0 Å². The first-order valence-corrected chi connectivity index (χ1v) is 11.1. The molecule has 4 nitrogen and oxygen atoms in total. The second-order valence-electron chi connectivity index (χ2n) is 7.78. The molecule has 1 saturated heterocycles. The summed E-state index contributed by atoms with van der Waals surface area (Å²) in [5.74, 6) is -0.362. The number of rotatable bonds is 5. The van der Waals surface area contributed by atoms with Crippen LogP contribution < -0.4 is 0 Å². The number of aromatic nitrogens is 1. The Morgan fingerprint density at radius 2 is 1.93 bits per heavy atom. The highest BCUT2D eigenvalue weighted by molar-refractivity contribution is 7.99. The van der Waals surface area contributed by atoms with Crippen molar-refractivity contribution in [1.29, 1.82) is 0 Å². The molecule has 0 saturated carbocycles. The van der Waals surface area contributed by atoms with Crippen LogP contribution in [0.2, 0.25) is 0 Å². The van der Waals surface area contributed by atoms with Crippen molar-refractivity contribution in [2.24, 2.45) is 0 Å². The van der Waals surface area contributed by atoms with Crippen molar-refractivity contribution in [3.8, 4) is 11.1 Å². The number of ether oxygens (including phenoxy) is 1. The number of fused-ring (bicyclic) bond motifs is 1. The lowest BCUT2D eigenvalue weighted by Gasteiger charge is -2.23. The largest absolute Gasteiger partial charge is 0.458 e. The van der Waals surface area contributed by atoms with Gasteiger partial charge in [0.25, 0.3) is 0 Å². The summed E-state index contributed by atoms with van der Waals surface area (Å²) in [6.45, 7) is 4.37. The molecule has 30 heavy (non-hydrogen) atoms. The fourth-order valence-electron chi connectivity index (χ4n) is 3.72. The normalized spacial score (nSPS) is 19.5. The molecule has 5 heteroatoms. The van der Waals surface area contributed by atoms with Crippen molar-refractivity contribution in [3.63, 3.8) is 0 Å². The van der Waals surface area contributed by atoms with Crippen LogP contribution in [0.25, 0.3) is 28.1 Å². The average Bonchev–Trinajstić information content (AvgIpc) is 2.71. The number of carbonyl (C=O) groups excluding carboxylic acids is 1. The Hall–Kier alpha value is -2.63. The minimum absolute atomic E-state index is 0.0634. The fraction of sp³-hybridized carbons (Fsp3) is 0.280. The van der Waals surface area contributed by atoms with Gasteiger partial charge in [-0.05, 0) is 35.4 Å². The number of para-hydroxylation sites is 1. The average molecular weight is 420 g/mol. The molecule has 2 heterocycles. The van der Waals surface area contributed by atoms with Crippen LogP contribution in [-0.4, -0.2) is 33.5 Å². The molecular weight excluding hydrogens is 394 g/mol. The SMILES string of the molecule is CC(C)Sc1ccc(-c2c(/C=C/[C@@H]3C[C@@H](O)CC(=O)O3)cnc3ccccc23)cc1. The van der Waals surface area contributed by atoms with E-state index in [2.05, 4.69) is 49.2 Å². The molecule has 2 aromatic carbocycles. The molecule has 3 aromatic rings. The van der Waals surface area contributed by atoms with Crippen molar-refractivity contribution in [3.05, 3.63) is 66.4 Å². The van der Waals surface area contributed by atoms with Gasteiger partial charge < -0.3 is 9.84 Å². The monoisotopic (exact) mass is 419 g/mol. The number of pyridine rings is 1. The molecule has 1 N–H and O–H groups in total. The van der Waals surface area contributed by atoms with Gasteiger partial charge in [-0.1, -0.05) is 50.3 Å². The standard InChI is InChI=1S/C25H25NO3S/c1-16(2)30-21-11-8-17(9-12-21)25-18(15-26-23-6-4-3-5-22(23)25)7-10-20-13-19(27)14-24(28)29-20/h3-12,15-16,19-20,27H,13-14H2,1-2H3/b10-7+/t19-,20-/m1/s1. The van der Waals surface area contributed by atoms with Gasteiger partial charge in [-0.25, -0.2) is 0 Å². The van der Waals surface area contributed by atoms with Crippen LogP contribution in [0.4, 0.5) is 0 Å². The maximum absolute atomic E-state index is 11.6. The second-order valence-corrected chi connectivity index (χ2v) is 9.43. The number of benzene rings is 2. The van der Waals surface area contributed by atoms with Crippen LogP contribution in [-0.2, 0) is 9.53 Å². The second kappa shape index (κ2) is 9.02. The first-order chi connectivity index (χ1) is 14.5. The van der Waals surface area contributed by atoms with Gasteiger partial charge in [-0.2, -0.15) is 0 Å². The predicted molar refractivity (Wildman–Crippen MR) is 122 cm³/mol. The first kappa shape index (κ1) is 20.6. The molecule has 0 bridgehead atoms. The smallest absolute Gasteiger partial charge is 0.309 e. The number of nitrogens with zero attached hydrogens (tertiary/aromatic N) is 1. The number of aliphatic hydroxyl groups is 1. The van der Waals surface area contributed by atoms with Gasteiger partial charge >= 0.3 is 5.97 Å². The summed E-state index contributed by atoms with van der Waals surface area (Å²) >= 11 is 1.84. The minimum atomic E-state index is -0.652. The number of hydrogen-bond acceptors (Lipinski definition) is 5. The number of carbonyl (C=O) groups is 1. The summed E-state index contributed by atoms with van der Waals surface area (Å²) in [6.07, 6.45) is 5.05. The van der Waals surface area contributed by atoms with Gasteiger partial charge in [0.1, 0.15) is 6.10 Å². The van der Waals surface area contributed by atoms with Crippen molar-refractivity contribution in [1.82, 2.24) is 4.98 Å².